The molecule has 110 valence electrons. The number of ether oxygens (including phenoxy) is 2. The molecular formula is C15H13F2NO3. The number of halogens is 2. The van der Waals surface area contributed by atoms with Crippen LogP contribution in [0.1, 0.15) is 15.9 Å². The molecule has 4 nitrogen and oxygen atoms in total. The largest absolute Gasteiger partial charge is 0.488 e. The summed E-state index contributed by atoms with van der Waals surface area (Å²) < 4.78 is 36.0. The van der Waals surface area contributed by atoms with Crippen molar-refractivity contribution in [3.8, 4) is 5.75 Å². The van der Waals surface area contributed by atoms with Crippen LogP contribution in [-0.2, 0) is 11.3 Å². The van der Waals surface area contributed by atoms with Gasteiger partial charge in [-0.3, -0.25) is 0 Å². The van der Waals surface area contributed by atoms with Crippen LogP contribution >= 0.6 is 0 Å². The number of anilines is 1. The third-order valence-electron chi connectivity index (χ3n) is 2.79. The Kier molecular flexibility index (Phi) is 4.37. The van der Waals surface area contributed by atoms with E-state index in [-0.39, 0.29) is 17.9 Å². The number of rotatable bonds is 4. The Bertz CT molecular complexity index is 674. The lowest BCUT2D eigenvalue weighted by atomic mass is 10.1. The van der Waals surface area contributed by atoms with E-state index in [4.69, 9.17) is 10.5 Å². The third-order valence-corrected chi connectivity index (χ3v) is 2.79. The Balaban J connectivity index is 2.19. The predicted molar refractivity (Wildman–Crippen MR) is 72.9 cm³/mol. The molecule has 0 atom stereocenters. The van der Waals surface area contributed by atoms with Crippen LogP contribution in [-0.4, -0.2) is 13.1 Å². The molecular weight excluding hydrogens is 280 g/mol. The molecule has 0 saturated heterocycles. The number of nitrogen functional groups attached to an aromatic ring is 1. The molecule has 0 amide bonds. The van der Waals surface area contributed by atoms with E-state index in [1.54, 1.807) is 6.07 Å². The molecule has 0 aliphatic heterocycles. The Morgan fingerprint density at radius 2 is 1.90 bits per heavy atom. The molecule has 21 heavy (non-hydrogen) atoms. The van der Waals surface area contributed by atoms with Crippen molar-refractivity contribution in [2.24, 2.45) is 0 Å². The van der Waals surface area contributed by atoms with Crippen molar-refractivity contribution in [1.82, 2.24) is 0 Å². The number of carbonyl (C=O) groups excluding carboxylic acids is 1. The highest BCUT2D eigenvalue weighted by Gasteiger charge is 2.14. The summed E-state index contributed by atoms with van der Waals surface area (Å²) in [6.45, 7) is -0.0227. The first kappa shape index (κ1) is 14.8. The van der Waals surface area contributed by atoms with Gasteiger partial charge in [-0.15, -0.1) is 0 Å². The van der Waals surface area contributed by atoms with E-state index in [1.807, 2.05) is 0 Å². The Hall–Kier alpha value is -2.63. The van der Waals surface area contributed by atoms with Gasteiger partial charge in [0.1, 0.15) is 17.9 Å². The van der Waals surface area contributed by atoms with E-state index >= 15 is 0 Å². The van der Waals surface area contributed by atoms with Gasteiger partial charge in [0.25, 0.3) is 0 Å². The smallest absolute Gasteiger partial charge is 0.341 e. The average Bonchev–Trinajstić information content (AvgIpc) is 2.48. The molecule has 6 heteroatoms. The molecule has 0 aliphatic carbocycles. The number of esters is 1. The maximum Gasteiger partial charge on any atom is 0.341 e. The lowest BCUT2D eigenvalue weighted by Gasteiger charge is -2.11. The SMILES string of the molecule is COC(=O)c1cc(N)ccc1OCc1ccc(F)c(F)c1. The van der Waals surface area contributed by atoms with Crippen LogP contribution in [0.3, 0.4) is 0 Å². The molecule has 0 aliphatic rings. The van der Waals surface area contributed by atoms with Crippen LogP contribution in [0.15, 0.2) is 36.4 Å². The second kappa shape index (κ2) is 6.21. The topological polar surface area (TPSA) is 61.5 Å². The third kappa shape index (κ3) is 3.47. The van der Waals surface area contributed by atoms with Crippen molar-refractivity contribution < 1.29 is 23.0 Å². The lowest BCUT2D eigenvalue weighted by Crippen LogP contribution is -2.07. The molecule has 0 spiro atoms. The van der Waals surface area contributed by atoms with E-state index in [2.05, 4.69) is 4.74 Å². The maximum atomic E-state index is 13.1. The number of nitrogens with two attached hydrogens (primary N) is 1. The summed E-state index contributed by atoms with van der Waals surface area (Å²) in [6.07, 6.45) is 0. The fourth-order valence-corrected chi connectivity index (χ4v) is 1.73. The fourth-order valence-electron chi connectivity index (χ4n) is 1.73. The Morgan fingerprint density at radius 3 is 2.57 bits per heavy atom. The standard InChI is InChI=1S/C15H13F2NO3/c1-20-15(19)11-7-10(18)3-5-14(11)21-8-9-2-4-12(16)13(17)6-9/h2-7H,8,18H2,1H3. The number of hydrogen-bond donors (Lipinski definition) is 1. The minimum atomic E-state index is -0.957. The van der Waals surface area contributed by atoms with Crippen LogP contribution in [0.2, 0.25) is 0 Å². The predicted octanol–water partition coefficient (Wildman–Crippen LogP) is 2.91. The van der Waals surface area contributed by atoms with E-state index in [0.29, 0.717) is 11.3 Å². The molecule has 0 heterocycles. The first-order valence-corrected chi connectivity index (χ1v) is 6.06. The lowest BCUT2D eigenvalue weighted by molar-refractivity contribution is 0.0595. The second-order valence-electron chi connectivity index (χ2n) is 4.28. The zero-order chi connectivity index (χ0) is 15.4. The number of benzene rings is 2. The van der Waals surface area contributed by atoms with Crippen LogP contribution in [0, 0.1) is 11.6 Å². The van der Waals surface area contributed by atoms with Gasteiger partial charge < -0.3 is 15.2 Å². The van der Waals surface area contributed by atoms with E-state index < -0.39 is 17.6 Å². The zero-order valence-corrected chi connectivity index (χ0v) is 11.2. The molecule has 0 radical (unpaired) electrons. The highest BCUT2D eigenvalue weighted by atomic mass is 19.2. The average molecular weight is 293 g/mol. The second-order valence-corrected chi connectivity index (χ2v) is 4.28. The van der Waals surface area contributed by atoms with Crippen molar-refractivity contribution in [2.45, 2.75) is 6.61 Å². The number of methoxy groups -OCH3 is 1. The van der Waals surface area contributed by atoms with Gasteiger partial charge in [0.2, 0.25) is 0 Å². The van der Waals surface area contributed by atoms with E-state index in [9.17, 15) is 13.6 Å². The van der Waals surface area contributed by atoms with Gasteiger partial charge in [-0.2, -0.15) is 0 Å². The van der Waals surface area contributed by atoms with E-state index in [0.717, 1.165) is 12.1 Å². The fraction of sp³-hybridized carbons (Fsp3) is 0.133. The molecule has 0 aromatic heterocycles. The van der Waals surface area contributed by atoms with E-state index in [1.165, 1.54) is 25.3 Å². The molecule has 0 fully saturated rings. The van der Waals surface area contributed by atoms with Crippen molar-refractivity contribution in [2.75, 3.05) is 12.8 Å². The molecule has 2 aromatic rings. The van der Waals surface area contributed by atoms with Gasteiger partial charge in [-0.25, -0.2) is 13.6 Å². The summed E-state index contributed by atoms with van der Waals surface area (Å²) in [5.41, 5.74) is 6.59. The minimum Gasteiger partial charge on any atom is -0.488 e. The van der Waals surface area contributed by atoms with Crippen molar-refractivity contribution in [1.29, 1.82) is 0 Å². The highest BCUT2D eigenvalue weighted by Crippen LogP contribution is 2.23. The van der Waals surface area contributed by atoms with Crippen molar-refractivity contribution >= 4 is 11.7 Å². The Labute approximate surface area is 120 Å². The molecule has 0 bridgehead atoms. The highest BCUT2D eigenvalue weighted by molar-refractivity contribution is 5.93. The molecule has 0 saturated carbocycles. The normalized spacial score (nSPS) is 10.2. The molecule has 2 aromatic carbocycles. The number of carbonyl (C=O) groups is 1. The summed E-state index contributed by atoms with van der Waals surface area (Å²) >= 11 is 0. The van der Waals surface area contributed by atoms with Crippen LogP contribution in [0.5, 0.6) is 5.75 Å². The van der Waals surface area contributed by atoms with Gasteiger partial charge in [0.15, 0.2) is 11.6 Å². The summed E-state index contributed by atoms with van der Waals surface area (Å²) in [4.78, 5) is 11.6. The van der Waals surface area contributed by atoms with Crippen molar-refractivity contribution in [3.63, 3.8) is 0 Å². The summed E-state index contributed by atoms with van der Waals surface area (Å²) in [5.74, 6) is -2.23. The number of hydrogen-bond acceptors (Lipinski definition) is 4. The van der Waals surface area contributed by atoms with Crippen LogP contribution < -0.4 is 10.5 Å². The Morgan fingerprint density at radius 1 is 1.14 bits per heavy atom. The quantitative estimate of drug-likeness (QED) is 0.695. The summed E-state index contributed by atoms with van der Waals surface area (Å²) in [5, 5.41) is 0. The first-order valence-electron chi connectivity index (χ1n) is 6.06. The van der Waals surface area contributed by atoms with Gasteiger partial charge in [-0.05, 0) is 35.9 Å². The first-order chi connectivity index (χ1) is 10.0. The molecule has 0 unspecified atom stereocenters. The maximum absolute atomic E-state index is 13.1. The minimum absolute atomic E-state index is 0.0227. The van der Waals surface area contributed by atoms with Gasteiger partial charge in [0, 0.05) is 5.69 Å². The van der Waals surface area contributed by atoms with Gasteiger partial charge in [0.05, 0.1) is 7.11 Å². The zero-order valence-electron chi connectivity index (χ0n) is 11.2. The van der Waals surface area contributed by atoms with Crippen LogP contribution in [0.4, 0.5) is 14.5 Å². The molecule has 2 rings (SSSR count). The molecule has 2 N–H and O–H groups in total. The van der Waals surface area contributed by atoms with Crippen molar-refractivity contribution in [3.05, 3.63) is 59.2 Å². The van der Waals surface area contributed by atoms with Gasteiger partial charge in [-0.1, -0.05) is 6.07 Å². The summed E-state index contributed by atoms with van der Waals surface area (Å²) in [6, 6.07) is 7.94. The van der Waals surface area contributed by atoms with Crippen LogP contribution in [0.25, 0.3) is 0 Å². The van der Waals surface area contributed by atoms with Gasteiger partial charge >= 0.3 is 5.97 Å². The summed E-state index contributed by atoms with van der Waals surface area (Å²) in [7, 11) is 1.24. The monoisotopic (exact) mass is 293 g/mol.